The molecule has 0 radical (unpaired) electrons. The predicted octanol–water partition coefficient (Wildman–Crippen LogP) is 3.36. The number of carbonyl (C=O) groups is 1. The van der Waals surface area contributed by atoms with Crippen LogP contribution in [0.3, 0.4) is 0 Å². The summed E-state index contributed by atoms with van der Waals surface area (Å²) in [6.45, 7) is 0.473. The van der Waals surface area contributed by atoms with E-state index >= 15 is 0 Å². The van der Waals surface area contributed by atoms with Gasteiger partial charge in [-0.2, -0.15) is 13.2 Å². The Morgan fingerprint density at radius 2 is 1.89 bits per heavy atom. The van der Waals surface area contributed by atoms with E-state index in [0.717, 1.165) is 39.4 Å². The van der Waals surface area contributed by atoms with E-state index in [2.05, 4.69) is 15.0 Å². The van der Waals surface area contributed by atoms with Gasteiger partial charge in [-0.05, 0) is 42.3 Å². The molecule has 194 valence electrons. The number of H-pyrrole nitrogens is 1. The molecule has 37 heavy (non-hydrogen) atoms. The van der Waals surface area contributed by atoms with Gasteiger partial charge in [-0.15, -0.1) is 0 Å². The van der Waals surface area contributed by atoms with Crippen molar-refractivity contribution in [3.63, 3.8) is 0 Å². The molecule has 2 aromatic heterocycles. The molecule has 0 saturated carbocycles. The number of nitrogen functional groups attached to an aromatic ring is 1. The average molecular weight is 536 g/mol. The van der Waals surface area contributed by atoms with Crippen molar-refractivity contribution in [1.82, 2.24) is 19.9 Å². The zero-order valence-electron chi connectivity index (χ0n) is 19.2. The summed E-state index contributed by atoms with van der Waals surface area (Å²) in [6.07, 6.45) is -1.79. The number of hydrogen-bond donors (Lipinski definition) is 3. The Labute approximate surface area is 208 Å². The van der Waals surface area contributed by atoms with E-state index in [1.165, 1.54) is 12.6 Å². The summed E-state index contributed by atoms with van der Waals surface area (Å²) < 4.78 is 61.4. The van der Waals surface area contributed by atoms with E-state index in [1.54, 1.807) is 24.3 Å². The maximum atomic E-state index is 11.9. The molecule has 0 bridgehead atoms. The highest BCUT2D eigenvalue weighted by Gasteiger charge is 2.38. The summed E-state index contributed by atoms with van der Waals surface area (Å²) in [5.41, 5.74) is 10.0. The van der Waals surface area contributed by atoms with Gasteiger partial charge in [0, 0.05) is 17.9 Å². The number of rotatable bonds is 3. The van der Waals surface area contributed by atoms with Crippen LogP contribution in [0.2, 0.25) is 0 Å². The Bertz CT molecular complexity index is 1590. The molecule has 0 amide bonds. The fraction of sp³-hybridized carbons (Fsp3) is 0.217. The number of halogens is 3. The number of ether oxygens (including phenoxy) is 1. The van der Waals surface area contributed by atoms with Gasteiger partial charge in [-0.1, -0.05) is 6.07 Å². The van der Waals surface area contributed by atoms with Crippen LogP contribution in [0.25, 0.3) is 22.3 Å². The van der Waals surface area contributed by atoms with Crippen molar-refractivity contribution in [2.45, 2.75) is 23.4 Å². The van der Waals surface area contributed by atoms with E-state index in [4.69, 9.17) is 25.4 Å². The van der Waals surface area contributed by atoms with Crippen LogP contribution < -0.4 is 10.5 Å². The lowest BCUT2D eigenvalue weighted by Gasteiger charge is -2.24. The van der Waals surface area contributed by atoms with Crippen molar-refractivity contribution >= 4 is 32.7 Å². The van der Waals surface area contributed by atoms with Crippen LogP contribution in [0.5, 0.6) is 5.75 Å². The van der Waals surface area contributed by atoms with Crippen LogP contribution in [-0.4, -0.2) is 58.5 Å². The van der Waals surface area contributed by atoms with E-state index in [0.29, 0.717) is 23.7 Å². The number of anilines is 1. The van der Waals surface area contributed by atoms with Gasteiger partial charge in [0.2, 0.25) is 0 Å². The molecule has 0 saturated heterocycles. The second-order valence-corrected chi connectivity index (χ2v) is 10.3. The lowest BCUT2D eigenvalue weighted by molar-refractivity contribution is -0.192. The minimum atomic E-state index is -5.08. The van der Waals surface area contributed by atoms with Gasteiger partial charge in [0.25, 0.3) is 0 Å². The van der Waals surface area contributed by atoms with Gasteiger partial charge in [0.05, 0.1) is 34.1 Å². The van der Waals surface area contributed by atoms with Crippen molar-refractivity contribution in [1.29, 1.82) is 0 Å². The number of sulfone groups is 1. The lowest BCUT2D eigenvalue weighted by Crippen LogP contribution is -2.21. The number of carboxylic acid groups (broad SMARTS) is 1. The van der Waals surface area contributed by atoms with Crippen LogP contribution in [0.1, 0.15) is 17.3 Å². The first-order valence-electron chi connectivity index (χ1n) is 10.6. The van der Waals surface area contributed by atoms with Crippen molar-refractivity contribution < 1.29 is 36.2 Å². The van der Waals surface area contributed by atoms with Gasteiger partial charge in [0.1, 0.15) is 23.7 Å². The summed E-state index contributed by atoms with van der Waals surface area (Å²) in [5, 5.41) is 7.12. The van der Waals surface area contributed by atoms with Crippen LogP contribution in [0, 0.1) is 0 Å². The molecule has 14 heteroatoms. The summed E-state index contributed by atoms with van der Waals surface area (Å²) in [5.74, 6) is -0.819. The number of alkyl halides is 3. The molecule has 1 unspecified atom stereocenters. The molecule has 4 N–H and O–H groups in total. The second-order valence-electron chi connectivity index (χ2n) is 8.24. The van der Waals surface area contributed by atoms with Gasteiger partial charge in [-0.3, -0.25) is 0 Å². The zero-order valence-corrected chi connectivity index (χ0v) is 20.0. The number of imidazole rings is 1. The molecule has 2 aromatic carbocycles. The molecule has 0 aliphatic carbocycles. The number of nitrogens with zero attached hydrogens (tertiary/aromatic N) is 3. The van der Waals surface area contributed by atoms with E-state index in [1.807, 2.05) is 18.2 Å². The average Bonchev–Trinajstić information content (AvgIpc) is 3.26. The third kappa shape index (κ3) is 5.97. The quantitative estimate of drug-likeness (QED) is 0.357. The van der Waals surface area contributed by atoms with Crippen molar-refractivity contribution in [3.05, 3.63) is 60.2 Å². The van der Waals surface area contributed by atoms with Gasteiger partial charge < -0.3 is 20.6 Å². The number of carboxylic acids is 1. The molecule has 1 aliphatic rings. The van der Waals surface area contributed by atoms with Crippen molar-refractivity contribution in [3.8, 4) is 17.0 Å². The minimum Gasteiger partial charge on any atom is -0.493 e. The number of aromatic nitrogens is 4. The van der Waals surface area contributed by atoms with E-state index in [9.17, 15) is 21.6 Å². The lowest BCUT2D eigenvalue weighted by atomic mass is 9.96. The zero-order chi connectivity index (χ0) is 27.0. The smallest absolute Gasteiger partial charge is 0.490 e. The number of fused-ring (bicyclic) bond motifs is 2. The highest BCUT2D eigenvalue weighted by molar-refractivity contribution is 7.90. The monoisotopic (exact) mass is 535 g/mol. The standard InChI is InChI=1S/C21H19N5O3S.C2HF3O2/c1-30(27,28)15-3-5-19-13(7-15)6-14(10-29-19)21-25-16-4-2-12(8-18(16)26-21)17-9-20(22)24-11-23-17;3-2(4,5)1(6)7/h2-5,7-9,11,14H,6,10H2,1H3,(H,25,26)(H2,22,23,24);(H,6,7). The molecule has 1 aliphatic heterocycles. The predicted molar refractivity (Wildman–Crippen MR) is 127 cm³/mol. The maximum Gasteiger partial charge on any atom is 0.490 e. The molecule has 1 atom stereocenters. The molecule has 3 heterocycles. The Balaban J connectivity index is 0.000000405. The molecule has 5 rings (SSSR count). The van der Waals surface area contributed by atoms with E-state index < -0.39 is 22.0 Å². The topological polar surface area (TPSA) is 161 Å². The molecular weight excluding hydrogens is 515 g/mol. The fourth-order valence-corrected chi connectivity index (χ4v) is 4.36. The van der Waals surface area contributed by atoms with Crippen molar-refractivity contribution in [2.75, 3.05) is 18.6 Å². The second kappa shape index (κ2) is 9.69. The molecule has 10 nitrogen and oxygen atoms in total. The van der Waals surface area contributed by atoms with Crippen LogP contribution in [-0.2, 0) is 21.1 Å². The number of nitrogens with one attached hydrogen (secondary N) is 1. The Hall–Kier alpha value is -4.20. The molecule has 4 aromatic rings. The largest absolute Gasteiger partial charge is 0.493 e. The van der Waals surface area contributed by atoms with Crippen molar-refractivity contribution in [2.24, 2.45) is 0 Å². The Kier molecular flexibility index (Phi) is 6.78. The SMILES string of the molecule is CS(=O)(=O)c1ccc2c(c1)CC(c1nc3ccc(-c4cc(N)ncn4)cc3[nH]1)CO2.O=C(O)C(F)(F)F. The number of aliphatic carboxylic acids is 1. The number of aromatic amines is 1. The van der Waals surface area contributed by atoms with Crippen LogP contribution in [0.15, 0.2) is 53.7 Å². The fourth-order valence-electron chi connectivity index (χ4n) is 3.69. The van der Waals surface area contributed by atoms with Gasteiger partial charge in [-0.25, -0.2) is 28.2 Å². The summed E-state index contributed by atoms with van der Waals surface area (Å²) in [7, 11) is -3.27. The van der Waals surface area contributed by atoms with Crippen LogP contribution >= 0.6 is 0 Å². The maximum absolute atomic E-state index is 11.9. The molecule has 0 spiro atoms. The first-order valence-corrected chi connectivity index (χ1v) is 12.5. The molecule has 0 fully saturated rings. The number of benzene rings is 2. The molecular formula is C23H20F3N5O5S. The third-order valence-electron chi connectivity index (χ3n) is 5.48. The summed E-state index contributed by atoms with van der Waals surface area (Å²) in [4.78, 5) is 25.5. The minimum absolute atomic E-state index is 0.00199. The Morgan fingerprint density at radius 1 is 1.16 bits per heavy atom. The first kappa shape index (κ1) is 25.9. The Morgan fingerprint density at radius 3 is 2.54 bits per heavy atom. The van der Waals surface area contributed by atoms with E-state index in [-0.39, 0.29) is 5.92 Å². The summed E-state index contributed by atoms with van der Waals surface area (Å²) in [6, 6.07) is 12.6. The summed E-state index contributed by atoms with van der Waals surface area (Å²) >= 11 is 0. The first-order chi connectivity index (χ1) is 17.3. The van der Waals surface area contributed by atoms with Gasteiger partial charge >= 0.3 is 12.1 Å². The van der Waals surface area contributed by atoms with Gasteiger partial charge in [0.15, 0.2) is 9.84 Å². The highest BCUT2D eigenvalue weighted by Crippen LogP contribution is 2.34. The van der Waals surface area contributed by atoms with Crippen LogP contribution in [0.4, 0.5) is 19.0 Å². The highest BCUT2D eigenvalue weighted by atomic mass is 32.2. The normalized spacial score (nSPS) is 15.3. The number of hydrogen-bond acceptors (Lipinski definition) is 8. The number of nitrogens with two attached hydrogens (primary N) is 1. The third-order valence-corrected chi connectivity index (χ3v) is 6.59.